The van der Waals surface area contributed by atoms with Crippen LogP contribution < -0.4 is 0 Å². The predicted octanol–water partition coefficient (Wildman–Crippen LogP) is 3.98. The van der Waals surface area contributed by atoms with Crippen molar-refractivity contribution in [2.24, 2.45) is 0 Å². The summed E-state index contributed by atoms with van der Waals surface area (Å²) in [6, 6.07) is 0. The first-order chi connectivity index (χ1) is 7.28. The minimum Gasteiger partial charge on any atom is -0.478 e. The average Bonchev–Trinajstić information content (AvgIpc) is 2.28. The smallest absolute Gasteiger partial charge is 0.462 e. The highest BCUT2D eigenvalue weighted by atomic mass is 27.2. The molecule has 0 aromatic carbocycles. The molecule has 0 aromatic heterocycles. The highest BCUT2D eigenvalue weighted by Crippen LogP contribution is 2.14. The van der Waals surface area contributed by atoms with E-state index in [4.69, 9.17) is 8.53 Å². The van der Waals surface area contributed by atoms with Gasteiger partial charge in [0.25, 0.3) is 0 Å². The number of methoxy groups -OCH3 is 1. The zero-order valence-corrected chi connectivity index (χ0v) is 12.1. The van der Waals surface area contributed by atoms with Crippen molar-refractivity contribution in [3.63, 3.8) is 0 Å². The minimum atomic E-state index is -0.987. The molecule has 0 N–H and O–H groups in total. The summed E-state index contributed by atoms with van der Waals surface area (Å²) in [6.07, 6.45) is 6.22. The maximum Gasteiger partial charge on any atom is 0.462 e. The van der Waals surface area contributed by atoms with Crippen LogP contribution in [0.25, 0.3) is 0 Å². The minimum absolute atomic E-state index is 0.0513. The maximum absolute atomic E-state index is 6.07. The lowest BCUT2D eigenvalue weighted by atomic mass is 10.4. The van der Waals surface area contributed by atoms with E-state index < -0.39 is 14.5 Å². The summed E-state index contributed by atoms with van der Waals surface area (Å²) >= 11 is -0.987. The lowest BCUT2D eigenvalue weighted by molar-refractivity contribution is -0.0583. The van der Waals surface area contributed by atoms with E-state index in [9.17, 15) is 0 Å². The summed E-state index contributed by atoms with van der Waals surface area (Å²) in [5, 5.41) is 2.63. The first-order valence-electron chi connectivity index (χ1n) is 6.46. The molecule has 0 fully saturated rings. The molecular formula is C12H27AlO2. The van der Waals surface area contributed by atoms with Gasteiger partial charge in [-0.15, -0.1) is 0 Å². The van der Waals surface area contributed by atoms with Crippen molar-refractivity contribution in [2.45, 2.75) is 69.7 Å². The zero-order valence-electron chi connectivity index (χ0n) is 10.9. The lowest BCUT2D eigenvalue weighted by Crippen LogP contribution is -2.26. The standard InChI is InChI=1S/C4H9O2.2C4H9.Al/c1-3-4(5)6-2;2*1-3-4-2;/h4H,3H2,1-2H3;2*1,3-4H2,2H3;/q-1;;;+1. The van der Waals surface area contributed by atoms with Gasteiger partial charge in [0.15, 0.2) is 0 Å². The number of hydrogen-bond acceptors (Lipinski definition) is 2. The van der Waals surface area contributed by atoms with Crippen molar-refractivity contribution in [2.75, 3.05) is 7.11 Å². The van der Waals surface area contributed by atoms with E-state index in [0.29, 0.717) is 0 Å². The maximum atomic E-state index is 6.07. The molecule has 0 saturated heterocycles. The molecule has 0 aliphatic rings. The second-order valence-corrected chi connectivity index (χ2v) is 6.79. The second-order valence-electron chi connectivity index (χ2n) is 4.12. The molecule has 90 valence electrons. The fourth-order valence-electron chi connectivity index (χ4n) is 1.68. The number of hydrogen-bond donors (Lipinski definition) is 0. The topological polar surface area (TPSA) is 18.5 Å². The van der Waals surface area contributed by atoms with Gasteiger partial charge in [0.05, 0.1) is 0 Å². The summed E-state index contributed by atoms with van der Waals surface area (Å²) < 4.78 is 11.4. The Labute approximate surface area is 100 Å². The van der Waals surface area contributed by atoms with Gasteiger partial charge in [0.1, 0.15) is 6.29 Å². The number of unbranched alkanes of at least 4 members (excludes halogenated alkanes) is 2. The molecule has 0 heterocycles. The van der Waals surface area contributed by atoms with Gasteiger partial charge in [-0.1, -0.05) is 57.0 Å². The molecule has 1 unspecified atom stereocenters. The van der Waals surface area contributed by atoms with E-state index in [1.807, 2.05) is 0 Å². The van der Waals surface area contributed by atoms with Crippen LogP contribution in [0.3, 0.4) is 0 Å². The van der Waals surface area contributed by atoms with Crippen LogP contribution in [0.15, 0.2) is 0 Å². The largest absolute Gasteiger partial charge is 0.478 e. The van der Waals surface area contributed by atoms with Gasteiger partial charge < -0.3 is 8.53 Å². The van der Waals surface area contributed by atoms with Crippen molar-refractivity contribution in [1.29, 1.82) is 0 Å². The van der Waals surface area contributed by atoms with Gasteiger partial charge >= 0.3 is 14.5 Å². The summed E-state index contributed by atoms with van der Waals surface area (Å²) in [5.41, 5.74) is 0. The summed E-state index contributed by atoms with van der Waals surface area (Å²) in [5.74, 6) is 0. The Morgan fingerprint density at radius 1 is 1.00 bits per heavy atom. The van der Waals surface area contributed by atoms with Crippen LogP contribution in [0, 0.1) is 0 Å². The fraction of sp³-hybridized carbons (Fsp3) is 1.00. The van der Waals surface area contributed by atoms with Crippen LogP contribution in [-0.2, 0) is 8.53 Å². The third-order valence-electron chi connectivity index (χ3n) is 2.70. The Morgan fingerprint density at radius 3 is 1.87 bits per heavy atom. The Morgan fingerprint density at radius 2 is 1.53 bits per heavy atom. The molecule has 0 radical (unpaired) electrons. The van der Waals surface area contributed by atoms with Crippen LogP contribution in [0.4, 0.5) is 0 Å². The molecule has 0 aliphatic heterocycles. The molecule has 3 heteroatoms. The molecular weight excluding hydrogens is 203 g/mol. The van der Waals surface area contributed by atoms with E-state index in [2.05, 4.69) is 20.8 Å². The fourth-order valence-corrected chi connectivity index (χ4v) is 4.70. The third-order valence-corrected chi connectivity index (χ3v) is 5.49. The molecule has 0 amide bonds. The first-order valence-corrected chi connectivity index (χ1v) is 8.57. The molecule has 1 atom stereocenters. The molecule has 0 saturated carbocycles. The Hall–Kier alpha value is 0.452. The molecule has 0 bridgehead atoms. The quantitative estimate of drug-likeness (QED) is 0.417. The Bertz CT molecular complexity index is 119. The summed E-state index contributed by atoms with van der Waals surface area (Å²) in [6.45, 7) is 6.62. The first kappa shape index (κ1) is 15.5. The van der Waals surface area contributed by atoms with Crippen LogP contribution >= 0.6 is 0 Å². The van der Waals surface area contributed by atoms with Crippen LogP contribution in [0.2, 0.25) is 10.6 Å². The highest BCUT2D eigenvalue weighted by Gasteiger charge is 2.22. The van der Waals surface area contributed by atoms with Crippen molar-refractivity contribution >= 4 is 14.5 Å². The monoisotopic (exact) mass is 230 g/mol. The van der Waals surface area contributed by atoms with Gasteiger partial charge in [-0.3, -0.25) is 0 Å². The van der Waals surface area contributed by atoms with Gasteiger partial charge in [-0.2, -0.15) is 0 Å². The van der Waals surface area contributed by atoms with E-state index in [-0.39, 0.29) is 6.29 Å². The Kier molecular flexibility index (Phi) is 11.3. The number of rotatable bonds is 10. The molecule has 2 nitrogen and oxygen atoms in total. The lowest BCUT2D eigenvalue weighted by Gasteiger charge is -2.20. The highest BCUT2D eigenvalue weighted by molar-refractivity contribution is 6.51. The molecule has 0 aliphatic carbocycles. The average molecular weight is 230 g/mol. The van der Waals surface area contributed by atoms with E-state index in [1.54, 1.807) is 7.11 Å². The molecule has 15 heavy (non-hydrogen) atoms. The normalized spacial score (nSPS) is 12.8. The SMILES string of the molecule is CCC[CH2][Al]([CH2]CCC)[O]C(CC)OC. The van der Waals surface area contributed by atoms with Gasteiger partial charge in [0.2, 0.25) is 0 Å². The van der Waals surface area contributed by atoms with E-state index in [1.165, 1.54) is 36.2 Å². The summed E-state index contributed by atoms with van der Waals surface area (Å²) in [4.78, 5) is 0. The zero-order chi connectivity index (χ0) is 11.5. The third kappa shape index (κ3) is 8.28. The second kappa shape index (κ2) is 11.0. The van der Waals surface area contributed by atoms with Gasteiger partial charge in [-0.25, -0.2) is 0 Å². The predicted molar refractivity (Wildman–Crippen MR) is 67.4 cm³/mol. The molecule has 0 aromatic rings. The summed E-state index contributed by atoms with van der Waals surface area (Å²) in [7, 11) is 1.75. The van der Waals surface area contributed by atoms with Crippen LogP contribution in [-0.4, -0.2) is 27.9 Å². The Balaban J connectivity index is 3.86. The van der Waals surface area contributed by atoms with Gasteiger partial charge in [-0.05, 0) is 6.42 Å². The molecule has 0 spiro atoms. The van der Waals surface area contributed by atoms with Crippen molar-refractivity contribution in [3.05, 3.63) is 0 Å². The van der Waals surface area contributed by atoms with Crippen LogP contribution in [0.5, 0.6) is 0 Å². The van der Waals surface area contributed by atoms with Gasteiger partial charge in [0, 0.05) is 7.11 Å². The van der Waals surface area contributed by atoms with Crippen molar-refractivity contribution in [3.8, 4) is 0 Å². The van der Waals surface area contributed by atoms with E-state index >= 15 is 0 Å². The van der Waals surface area contributed by atoms with Crippen LogP contribution in [0.1, 0.15) is 52.9 Å². The van der Waals surface area contributed by atoms with E-state index in [0.717, 1.165) is 6.42 Å². The molecule has 0 rings (SSSR count). The van der Waals surface area contributed by atoms with Crippen molar-refractivity contribution < 1.29 is 8.53 Å². The number of ether oxygens (including phenoxy) is 1. The van der Waals surface area contributed by atoms with Crippen molar-refractivity contribution in [1.82, 2.24) is 0 Å².